The molecule has 5 rings (SSSR count). The van der Waals surface area contributed by atoms with E-state index in [-0.39, 0.29) is 0 Å². The monoisotopic (exact) mass is 412 g/mol. The summed E-state index contributed by atoms with van der Waals surface area (Å²) in [5, 5.41) is 9.05. The fourth-order valence-corrected chi connectivity index (χ4v) is 4.33. The molecule has 1 aliphatic rings. The maximum Gasteiger partial charge on any atom is 0.156 e. The highest BCUT2D eigenvalue weighted by atomic mass is 15.3. The third-order valence-electron chi connectivity index (χ3n) is 6.01. The van der Waals surface area contributed by atoms with Gasteiger partial charge in [0.15, 0.2) is 11.5 Å². The zero-order valence-corrected chi connectivity index (χ0v) is 17.8. The summed E-state index contributed by atoms with van der Waals surface area (Å²) < 4.78 is 3.59. The highest BCUT2D eigenvalue weighted by Crippen LogP contribution is 2.20. The summed E-state index contributed by atoms with van der Waals surface area (Å²) in [5.74, 6) is 0.824. The normalized spacial score (nSPS) is 14.5. The minimum atomic E-state index is 0.723. The van der Waals surface area contributed by atoms with Crippen LogP contribution >= 0.6 is 0 Å². The van der Waals surface area contributed by atoms with Crippen LogP contribution in [0.25, 0.3) is 23.1 Å². The number of likely N-dealkylation sites (tertiary alicyclic amines) is 1. The molecular weight excluding hydrogens is 384 g/mol. The lowest BCUT2D eigenvalue weighted by atomic mass is 10.1. The van der Waals surface area contributed by atoms with Gasteiger partial charge in [0.2, 0.25) is 0 Å². The minimum absolute atomic E-state index is 0.723. The molecule has 0 saturated carbocycles. The first kappa shape index (κ1) is 19.7. The molecule has 6 nitrogen and oxygen atoms in total. The van der Waals surface area contributed by atoms with Crippen LogP contribution in [0.5, 0.6) is 0 Å². The molecule has 158 valence electrons. The fraction of sp³-hybridized carbons (Fsp3) is 0.320. The van der Waals surface area contributed by atoms with E-state index in [2.05, 4.69) is 40.8 Å². The zero-order valence-electron chi connectivity index (χ0n) is 17.8. The highest BCUT2D eigenvalue weighted by Gasteiger charge is 2.12. The molecule has 1 saturated heterocycles. The van der Waals surface area contributed by atoms with Gasteiger partial charge in [0, 0.05) is 24.4 Å². The SMILES string of the molecule is C=Cn1cc(-c2cccc3nc(Cc4ccc(CCCN5CCCC5)cc4)nn23)cn1. The van der Waals surface area contributed by atoms with Crippen LogP contribution in [-0.4, -0.2) is 48.9 Å². The van der Waals surface area contributed by atoms with Gasteiger partial charge in [0.25, 0.3) is 0 Å². The number of benzene rings is 1. The van der Waals surface area contributed by atoms with Gasteiger partial charge in [0.05, 0.1) is 11.9 Å². The average Bonchev–Trinajstić information content (AvgIpc) is 3.55. The molecular formula is C25H28N6. The van der Waals surface area contributed by atoms with Gasteiger partial charge in [-0.3, -0.25) is 0 Å². The van der Waals surface area contributed by atoms with Gasteiger partial charge in [-0.15, -0.1) is 0 Å². The highest BCUT2D eigenvalue weighted by molar-refractivity contribution is 5.61. The average molecular weight is 413 g/mol. The number of aromatic nitrogens is 5. The van der Waals surface area contributed by atoms with Gasteiger partial charge in [-0.25, -0.2) is 14.2 Å². The van der Waals surface area contributed by atoms with Gasteiger partial charge in [-0.2, -0.15) is 10.2 Å². The molecule has 0 spiro atoms. The summed E-state index contributed by atoms with van der Waals surface area (Å²) in [6.07, 6.45) is 11.3. The van der Waals surface area contributed by atoms with Crippen molar-refractivity contribution in [2.45, 2.75) is 32.1 Å². The van der Waals surface area contributed by atoms with E-state index in [1.807, 2.05) is 35.1 Å². The number of pyridine rings is 1. The van der Waals surface area contributed by atoms with Gasteiger partial charge >= 0.3 is 0 Å². The van der Waals surface area contributed by atoms with Crippen molar-refractivity contribution >= 4 is 11.8 Å². The van der Waals surface area contributed by atoms with Gasteiger partial charge in [-0.05, 0) is 68.6 Å². The van der Waals surface area contributed by atoms with Gasteiger partial charge in [-0.1, -0.05) is 36.9 Å². The molecule has 0 unspecified atom stereocenters. The number of hydrogen-bond acceptors (Lipinski definition) is 4. The third kappa shape index (κ3) is 4.44. The molecule has 31 heavy (non-hydrogen) atoms. The lowest BCUT2D eigenvalue weighted by Gasteiger charge is -2.13. The second-order valence-corrected chi connectivity index (χ2v) is 8.25. The number of rotatable bonds is 8. The predicted octanol–water partition coefficient (Wildman–Crippen LogP) is 4.31. The topological polar surface area (TPSA) is 51.2 Å². The minimum Gasteiger partial charge on any atom is -0.303 e. The predicted molar refractivity (Wildman–Crippen MR) is 124 cm³/mol. The van der Waals surface area contributed by atoms with Crippen LogP contribution in [-0.2, 0) is 12.8 Å². The Kier molecular flexibility index (Phi) is 5.63. The maximum atomic E-state index is 4.77. The first-order valence-electron chi connectivity index (χ1n) is 11.1. The van der Waals surface area contributed by atoms with E-state index < -0.39 is 0 Å². The van der Waals surface area contributed by atoms with Crippen molar-refractivity contribution < 1.29 is 0 Å². The molecule has 4 heterocycles. The van der Waals surface area contributed by atoms with E-state index in [1.165, 1.54) is 50.0 Å². The second kappa shape index (κ2) is 8.86. The summed E-state index contributed by atoms with van der Waals surface area (Å²) in [7, 11) is 0. The van der Waals surface area contributed by atoms with Crippen LogP contribution in [0.2, 0.25) is 0 Å². The van der Waals surface area contributed by atoms with Crippen LogP contribution < -0.4 is 0 Å². The van der Waals surface area contributed by atoms with Crippen LogP contribution in [0.15, 0.2) is 61.4 Å². The summed E-state index contributed by atoms with van der Waals surface area (Å²) in [6.45, 7) is 7.54. The van der Waals surface area contributed by atoms with Crippen molar-refractivity contribution in [3.05, 3.63) is 78.4 Å². The van der Waals surface area contributed by atoms with Crippen molar-refractivity contribution in [2.75, 3.05) is 19.6 Å². The lowest BCUT2D eigenvalue weighted by molar-refractivity contribution is 0.334. The third-order valence-corrected chi connectivity index (χ3v) is 6.01. The van der Waals surface area contributed by atoms with E-state index in [0.717, 1.165) is 35.6 Å². The van der Waals surface area contributed by atoms with Crippen LogP contribution in [0.4, 0.5) is 0 Å². The van der Waals surface area contributed by atoms with E-state index >= 15 is 0 Å². The van der Waals surface area contributed by atoms with Crippen molar-refractivity contribution in [3.8, 4) is 11.3 Å². The second-order valence-electron chi connectivity index (χ2n) is 8.25. The maximum absolute atomic E-state index is 4.77. The number of nitrogens with zero attached hydrogens (tertiary/aromatic N) is 6. The summed E-state index contributed by atoms with van der Waals surface area (Å²) in [6, 6.07) is 15.0. The Morgan fingerprint density at radius 1 is 1.00 bits per heavy atom. The molecule has 1 aliphatic heterocycles. The molecule has 0 aliphatic carbocycles. The lowest BCUT2D eigenvalue weighted by Crippen LogP contribution is -2.20. The first-order chi connectivity index (χ1) is 15.3. The molecule has 6 heteroatoms. The van der Waals surface area contributed by atoms with Crippen LogP contribution in [0.3, 0.4) is 0 Å². The molecule has 3 aromatic heterocycles. The Bertz CT molecular complexity index is 1160. The van der Waals surface area contributed by atoms with Crippen molar-refractivity contribution in [3.63, 3.8) is 0 Å². The molecule has 0 bridgehead atoms. The largest absolute Gasteiger partial charge is 0.303 e. The van der Waals surface area contributed by atoms with E-state index in [4.69, 9.17) is 10.1 Å². The molecule has 1 aromatic carbocycles. The number of hydrogen-bond donors (Lipinski definition) is 0. The fourth-order valence-electron chi connectivity index (χ4n) is 4.33. The Morgan fingerprint density at radius 3 is 2.58 bits per heavy atom. The molecule has 4 aromatic rings. The van der Waals surface area contributed by atoms with Crippen molar-refractivity contribution in [1.29, 1.82) is 0 Å². The van der Waals surface area contributed by atoms with Crippen molar-refractivity contribution in [1.82, 2.24) is 29.3 Å². The number of aryl methyl sites for hydroxylation is 1. The smallest absolute Gasteiger partial charge is 0.156 e. The molecule has 0 N–H and O–H groups in total. The molecule has 0 radical (unpaired) electrons. The van der Waals surface area contributed by atoms with Crippen molar-refractivity contribution in [2.24, 2.45) is 0 Å². The summed E-state index contributed by atoms with van der Waals surface area (Å²) >= 11 is 0. The molecule has 0 atom stereocenters. The summed E-state index contributed by atoms with van der Waals surface area (Å²) in [5.41, 5.74) is 5.45. The Morgan fingerprint density at radius 2 is 1.81 bits per heavy atom. The van der Waals surface area contributed by atoms with E-state index in [1.54, 1.807) is 10.9 Å². The Labute approximate surface area is 182 Å². The molecule has 0 amide bonds. The quantitative estimate of drug-likeness (QED) is 0.433. The summed E-state index contributed by atoms with van der Waals surface area (Å²) in [4.78, 5) is 7.32. The van der Waals surface area contributed by atoms with E-state index in [0.29, 0.717) is 0 Å². The van der Waals surface area contributed by atoms with E-state index in [9.17, 15) is 0 Å². The van der Waals surface area contributed by atoms with Gasteiger partial charge in [0.1, 0.15) is 0 Å². The van der Waals surface area contributed by atoms with Crippen LogP contribution in [0, 0.1) is 0 Å². The number of fused-ring (bicyclic) bond motifs is 1. The van der Waals surface area contributed by atoms with Gasteiger partial charge < -0.3 is 4.90 Å². The molecule has 1 fully saturated rings. The Balaban J connectivity index is 1.27. The van der Waals surface area contributed by atoms with Crippen LogP contribution in [0.1, 0.15) is 36.2 Å². The zero-order chi connectivity index (χ0) is 21.0. The Hall–Kier alpha value is -3.25. The first-order valence-corrected chi connectivity index (χ1v) is 11.1. The standard InChI is InChI=1S/C25H28N6/c1-2-30-19-22(18-26-30)23-8-5-9-25-27-24(28-31(23)25)17-21-12-10-20(11-13-21)7-6-16-29-14-3-4-15-29/h2,5,8-13,18-19H,1,3-4,6-7,14-17H2.